The highest BCUT2D eigenvalue weighted by Crippen LogP contribution is 2.33. The molecule has 114 valence electrons. The van der Waals surface area contributed by atoms with E-state index < -0.39 is 5.41 Å². The Bertz CT molecular complexity index is 241. The third-order valence-corrected chi connectivity index (χ3v) is 3.66. The summed E-state index contributed by atoms with van der Waals surface area (Å²) >= 11 is 0. The van der Waals surface area contributed by atoms with Crippen LogP contribution in [-0.4, -0.2) is 19.1 Å². The molecule has 0 aliphatic carbocycles. The molecular weight excluding hydrogens is 238 g/mol. The quantitative estimate of drug-likeness (QED) is 0.458. The van der Waals surface area contributed by atoms with E-state index in [1.165, 1.54) is 25.7 Å². The van der Waals surface area contributed by atoms with Gasteiger partial charge in [0.1, 0.15) is 0 Å². The first kappa shape index (κ1) is 18.4. The first-order chi connectivity index (χ1) is 9.02. The number of hydrogen-bond acceptors (Lipinski definition) is 3. The second-order valence-corrected chi connectivity index (χ2v) is 5.97. The van der Waals surface area contributed by atoms with Crippen molar-refractivity contribution in [2.45, 2.75) is 72.6 Å². The highest BCUT2D eigenvalue weighted by atomic mass is 16.5. The van der Waals surface area contributed by atoms with Gasteiger partial charge in [0, 0.05) is 6.54 Å². The lowest BCUT2D eigenvalue weighted by Crippen LogP contribution is -2.41. The van der Waals surface area contributed by atoms with Gasteiger partial charge in [-0.3, -0.25) is 4.79 Å². The Morgan fingerprint density at radius 1 is 1.16 bits per heavy atom. The summed E-state index contributed by atoms with van der Waals surface area (Å²) in [5.41, 5.74) is 5.47. The van der Waals surface area contributed by atoms with Crippen molar-refractivity contribution in [1.82, 2.24) is 0 Å². The van der Waals surface area contributed by atoms with Gasteiger partial charge in [0.25, 0.3) is 0 Å². The Kier molecular flexibility index (Phi) is 9.94. The number of carbonyl (C=O) groups excluding carboxylic acids is 1. The zero-order valence-electron chi connectivity index (χ0n) is 13.3. The van der Waals surface area contributed by atoms with E-state index in [4.69, 9.17) is 10.5 Å². The number of nitrogens with two attached hydrogens (primary N) is 1. The predicted octanol–water partition coefficient (Wildman–Crippen LogP) is 3.90. The molecule has 0 saturated carbocycles. The molecule has 0 rings (SSSR count). The summed E-state index contributed by atoms with van der Waals surface area (Å²) in [6.07, 6.45) is 7.73. The van der Waals surface area contributed by atoms with E-state index in [1.807, 2.05) is 6.92 Å². The van der Waals surface area contributed by atoms with Crippen molar-refractivity contribution in [2.24, 2.45) is 17.1 Å². The third-order valence-electron chi connectivity index (χ3n) is 3.66. The van der Waals surface area contributed by atoms with Gasteiger partial charge in [0.05, 0.1) is 12.0 Å². The Morgan fingerprint density at radius 2 is 1.79 bits per heavy atom. The molecule has 0 saturated heterocycles. The molecule has 2 N–H and O–H groups in total. The van der Waals surface area contributed by atoms with Gasteiger partial charge in [-0.25, -0.2) is 0 Å². The Labute approximate surface area is 119 Å². The second kappa shape index (κ2) is 10.2. The number of esters is 1. The molecule has 0 amide bonds. The van der Waals surface area contributed by atoms with Crippen molar-refractivity contribution in [2.75, 3.05) is 13.2 Å². The fraction of sp³-hybridized carbons (Fsp3) is 0.938. The minimum atomic E-state index is -0.462. The maximum Gasteiger partial charge on any atom is 0.313 e. The van der Waals surface area contributed by atoms with E-state index >= 15 is 0 Å². The van der Waals surface area contributed by atoms with Gasteiger partial charge >= 0.3 is 5.97 Å². The van der Waals surface area contributed by atoms with Crippen LogP contribution in [0.15, 0.2) is 0 Å². The van der Waals surface area contributed by atoms with Gasteiger partial charge in [0.2, 0.25) is 0 Å². The van der Waals surface area contributed by atoms with E-state index in [0.717, 1.165) is 19.3 Å². The summed E-state index contributed by atoms with van der Waals surface area (Å²) in [7, 11) is 0. The van der Waals surface area contributed by atoms with Gasteiger partial charge in [-0.1, -0.05) is 52.9 Å². The Morgan fingerprint density at radius 3 is 2.26 bits per heavy atom. The van der Waals surface area contributed by atoms with E-state index in [2.05, 4.69) is 20.8 Å². The standard InChI is InChI=1S/C16H33NO2/c1-5-7-8-9-10-11-16(13-17,12-14(3)4)15(18)19-6-2/h14H,5-13,17H2,1-4H3. The normalized spacial score (nSPS) is 14.4. The topological polar surface area (TPSA) is 52.3 Å². The van der Waals surface area contributed by atoms with Crippen molar-refractivity contribution >= 4 is 5.97 Å². The number of rotatable bonds is 11. The van der Waals surface area contributed by atoms with Crippen LogP contribution in [0.2, 0.25) is 0 Å². The molecule has 0 aromatic carbocycles. The molecule has 3 heteroatoms. The molecule has 1 atom stereocenters. The largest absolute Gasteiger partial charge is 0.466 e. The first-order valence-corrected chi connectivity index (χ1v) is 7.89. The second-order valence-electron chi connectivity index (χ2n) is 5.97. The molecular formula is C16H33NO2. The molecule has 0 aromatic heterocycles. The van der Waals surface area contributed by atoms with Crippen LogP contribution < -0.4 is 5.73 Å². The molecule has 0 fully saturated rings. The predicted molar refractivity (Wildman–Crippen MR) is 81.0 cm³/mol. The zero-order chi connectivity index (χ0) is 14.7. The first-order valence-electron chi connectivity index (χ1n) is 7.89. The van der Waals surface area contributed by atoms with Crippen molar-refractivity contribution in [1.29, 1.82) is 0 Å². The van der Waals surface area contributed by atoms with Crippen LogP contribution in [0.5, 0.6) is 0 Å². The lowest BCUT2D eigenvalue weighted by atomic mass is 9.76. The highest BCUT2D eigenvalue weighted by molar-refractivity contribution is 5.77. The summed E-state index contributed by atoms with van der Waals surface area (Å²) in [4.78, 5) is 12.2. The molecule has 3 nitrogen and oxygen atoms in total. The fourth-order valence-corrected chi connectivity index (χ4v) is 2.69. The summed E-state index contributed by atoms with van der Waals surface area (Å²) in [6.45, 7) is 9.19. The van der Waals surface area contributed by atoms with Crippen LogP contribution in [0.4, 0.5) is 0 Å². The Balaban J connectivity index is 4.49. The number of ether oxygens (including phenoxy) is 1. The minimum Gasteiger partial charge on any atom is -0.466 e. The summed E-state index contributed by atoms with van der Waals surface area (Å²) in [5, 5.41) is 0. The summed E-state index contributed by atoms with van der Waals surface area (Å²) in [6, 6.07) is 0. The highest BCUT2D eigenvalue weighted by Gasteiger charge is 2.38. The monoisotopic (exact) mass is 271 g/mol. The lowest BCUT2D eigenvalue weighted by Gasteiger charge is -2.31. The number of unbranched alkanes of at least 4 members (excludes halogenated alkanes) is 4. The molecule has 19 heavy (non-hydrogen) atoms. The van der Waals surface area contributed by atoms with E-state index in [-0.39, 0.29) is 5.97 Å². The van der Waals surface area contributed by atoms with Crippen LogP contribution >= 0.6 is 0 Å². The van der Waals surface area contributed by atoms with Crippen LogP contribution in [0.1, 0.15) is 72.6 Å². The molecule has 0 radical (unpaired) electrons. The van der Waals surface area contributed by atoms with Crippen LogP contribution in [0.25, 0.3) is 0 Å². The van der Waals surface area contributed by atoms with E-state index in [1.54, 1.807) is 0 Å². The molecule has 0 bridgehead atoms. The molecule has 0 aliphatic heterocycles. The van der Waals surface area contributed by atoms with Gasteiger partial charge in [-0.05, 0) is 25.7 Å². The van der Waals surface area contributed by atoms with Crippen molar-refractivity contribution in [3.8, 4) is 0 Å². The van der Waals surface area contributed by atoms with Crippen LogP contribution in [0, 0.1) is 11.3 Å². The summed E-state index contributed by atoms with van der Waals surface area (Å²) < 4.78 is 5.26. The van der Waals surface area contributed by atoms with Crippen LogP contribution in [-0.2, 0) is 9.53 Å². The van der Waals surface area contributed by atoms with Gasteiger partial charge < -0.3 is 10.5 Å². The van der Waals surface area contributed by atoms with Gasteiger partial charge in [0.15, 0.2) is 0 Å². The number of carbonyl (C=O) groups is 1. The molecule has 0 aromatic rings. The third kappa shape index (κ3) is 6.95. The maximum atomic E-state index is 12.2. The van der Waals surface area contributed by atoms with E-state index in [9.17, 15) is 4.79 Å². The lowest BCUT2D eigenvalue weighted by molar-refractivity contribution is -0.156. The van der Waals surface area contributed by atoms with Crippen molar-refractivity contribution in [3.63, 3.8) is 0 Å². The smallest absolute Gasteiger partial charge is 0.313 e. The Hall–Kier alpha value is -0.570. The van der Waals surface area contributed by atoms with Crippen molar-refractivity contribution in [3.05, 3.63) is 0 Å². The molecule has 1 unspecified atom stereocenters. The van der Waals surface area contributed by atoms with Gasteiger partial charge in [-0.15, -0.1) is 0 Å². The molecule has 0 aliphatic rings. The minimum absolute atomic E-state index is 0.0957. The summed E-state index contributed by atoms with van der Waals surface area (Å²) in [5.74, 6) is 0.366. The number of hydrogen-bond donors (Lipinski definition) is 1. The average Bonchev–Trinajstić information content (AvgIpc) is 2.36. The molecule has 0 heterocycles. The van der Waals surface area contributed by atoms with Crippen molar-refractivity contribution < 1.29 is 9.53 Å². The van der Waals surface area contributed by atoms with Crippen LogP contribution in [0.3, 0.4) is 0 Å². The SMILES string of the molecule is CCCCCCCC(CN)(CC(C)C)C(=O)OCC. The van der Waals surface area contributed by atoms with Gasteiger partial charge in [-0.2, -0.15) is 0 Å². The maximum absolute atomic E-state index is 12.2. The van der Waals surface area contributed by atoms with E-state index in [0.29, 0.717) is 19.1 Å². The zero-order valence-corrected chi connectivity index (χ0v) is 13.3. The fourth-order valence-electron chi connectivity index (χ4n) is 2.69. The average molecular weight is 271 g/mol. The molecule has 0 spiro atoms.